The van der Waals surface area contributed by atoms with E-state index in [4.69, 9.17) is 28.9 Å². The molecule has 0 spiro atoms. The number of rotatable bonds is 7. The summed E-state index contributed by atoms with van der Waals surface area (Å²) >= 11 is 11.9. The predicted octanol–water partition coefficient (Wildman–Crippen LogP) is 3.78. The number of nitrogen functional groups attached to an aromatic ring is 1. The SMILES string of the molecule is Nc1c(NCCc2ccccc2)ncnc1NNC(=O)c1ccc(Cl)cc1Cl. The number of hydrogen-bond donors (Lipinski definition) is 4. The molecule has 7 nitrogen and oxygen atoms in total. The zero-order chi connectivity index (χ0) is 19.9. The van der Waals surface area contributed by atoms with Gasteiger partial charge in [-0.25, -0.2) is 9.97 Å². The Bertz CT molecular complexity index is 968. The van der Waals surface area contributed by atoms with E-state index in [-0.39, 0.29) is 22.1 Å². The molecule has 3 aromatic rings. The lowest BCUT2D eigenvalue weighted by Gasteiger charge is -2.13. The lowest BCUT2D eigenvalue weighted by Crippen LogP contribution is -2.30. The third-order valence-corrected chi connectivity index (χ3v) is 4.45. The number of carbonyl (C=O) groups excluding carboxylic acids is 1. The summed E-state index contributed by atoms with van der Waals surface area (Å²) in [6.45, 7) is 0.650. The molecule has 0 saturated heterocycles. The highest BCUT2D eigenvalue weighted by molar-refractivity contribution is 6.36. The van der Waals surface area contributed by atoms with Gasteiger partial charge >= 0.3 is 0 Å². The van der Waals surface area contributed by atoms with E-state index < -0.39 is 5.91 Å². The van der Waals surface area contributed by atoms with E-state index in [0.29, 0.717) is 17.4 Å². The minimum atomic E-state index is -0.446. The molecule has 0 unspecified atom stereocenters. The minimum Gasteiger partial charge on any atom is -0.393 e. The van der Waals surface area contributed by atoms with Crippen LogP contribution in [-0.4, -0.2) is 22.4 Å². The zero-order valence-corrected chi connectivity index (χ0v) is 16.3. The summed E-state index contributed by atoms with van der Waals surface area (Å²) in [6, 6.07) is 14.7. The highest BCUT2D eigenvalue weighted by Gasteiger charge is 2.12. The van der Waals surface area contributed by atoms with E-state index in [2.05, 4.69) is 38.3 Å². The number of anilines is 3. The second kappa shape index (κ2) is 9.25. The topological polar surface area (TPSA) is 105 Å². The Labute approximate surface area is 172 Å². The number of nitrogens with zero attached hydrogens (tertiary/aromatic N) is 2. The molecule has 0 bridgehead atoms. The molecule has 3 rings (SSSR count). The van der Waals surface area contributed by atoms with Gasteiger partial charge in [0, 0.05) is 11.6 Å². The van der Waals surface area contributed by atoms with Gasteiger partial charge in [0.05, 0.1) is 10.6 Å². The van der Waals surface area contributed by atoms with Crippen molar-refractivity contribution in [3.05, 3.63) is 76.0 Å². The molecule has 5 N–H and O–H groups in total. The average molecular weight is 417 g/mol. The molecule has 0 saturated carbocycles. The van der Waals surface area contributed by atoms with Gasteiger partial charge in [0.25, 0.3) is 5.91 Å². The Morgan fingerprint density at radius 2 is 1.79 bits per heavy atom. The highest BCUT2D eigenvalue weighted by Crippen LogP contribution is 2.23. The third-order valence-electron chi connectivity index (χ3n) is 3.90. The molecule has 1 heterocycles. The van der Waals surface area contributed by atoms with Crippen LogP contribution >= 0.6 is 23.2 Å². The maximum atomic E-state index is 12.3. The third kappa shape index (κ3) is 5.03. The van der Waals surface area contributed by atoms with Crippen LogP contribution in [0.1, 0.15) is 15.9 Å². The summed E-state index contributed by atoms with van der Waals surface area (Å²) in [5.74, 6) is 0.307. The van der Waals surface area contributed by atoms with Crippen LogP contribution in [0.5, 0.6) is 0 Å². The number of hydrogen-bond acceptors (Lipinski definition) is 6. The molecule has 28 heavy (non-hydrogen) atoms. The molecule has 0 radical (unpaired) electrons. The van der Waals surface area contributed by atoms with Gasteiger partial charge in [0.2, 0.25) is 0 Å². The first-order valence-electron chi connectivity index (χ1n) is 8.44. The molecule has 2 aromatic carbocycles. The lowest BCUT2D eigenvalue weighted by molar-refractivity contribution is 0.0962. The van der Waals surface area contributed by atoms with Gasteiger partial charge in [-0.05, 0) is 30.2 Å². The van der Waals surface area contributed by atoms with E-state index in [9.17, 15) is 4.79 Å². The Balaban J connectivity index is 1.60. The fourth-order valence-corrected chi connectivity index (χ4v) is 2.96. The van der Waals surface area contributed by atoms with E-state index in [0.717, 1.165) is 6.42 Å². The van der Waals surface area contributed by atoms with Gasteiger partial charge < -0.3 is 11.1 Å². The van der Waals surface area contributed by atoms with Crippen molar-refractivity contribution in [2.75, 3.05) is 23.0 Å². The number of hydrazine groups is 1. The number of amides is 1. The minimum absolute atomic E-state index is 0.241. The molecule has 1 amide bonds. The average Bonchev–Trinajstić information content (AvgIpc) is 2.69. The number of halogens is 2. The maximum Gasteiger partial charge on any atom is 0.271 e. The van der Waals surface area contributed by atoms with Crippen molar-refractivity contribution in [3.63, 3.8) is 0 Å². The first-order chi connectivity index (χ1) is 13.5. The molecular formula is C19H18Cl2N6O. The van der Waals surface area contributed by atoms with Crippen molar-refractivity contribution in [2.45, 2.75) is 6.42 Å². The van der Waals surface area contributed by atoms with E-state index in [1.807, 2.05) is 18.2 Å². The summed E-state index contributed by atoms with van der Waals surface area (Å²) in [6.07, 6.45) is 2.17. The van der Waals surface area contributed by atoms with Crippen molar-refractivity contribution in [3.8, 4) is 0 Å². The zero-order valence-electron chi connectivity index (χ0n) is 14.7. The number of nitrogens with two attached hydrogens (primary N) is 1. The molecule has 0 aliphatic heterocycles. The largest absolute Gasteiger partial charge is 0.393 e. The fraction of sp³-hybridized carbons (Fsp3) is 0.105. The number of nitrogens with one attached hydrogen (secondary N) is 3. The summed E-state index contributed by atoms with van der Waals surface area (Å²) in [4.78, 5) is 20.5. The highest BCUT2D eigenvalue weighted by atomic mass is 35.5. The summed E-state index contributed by atoms with van der Waals surface area (Å²) < 4.78 is 0. The number of carbonyl (C=O) groups is 1. The summed E-state index contributed by atoms with van der Waals surface area (Å²) in [5, 5.41) is 3.86. The van der Waals surface area contributed by atoms with Gasteiger partial charge in [-0.2, -0.15) is 0 Å². The Morgan fingerprint density at radius 1 is 1.04 bits per heavy atom. The monoisotopic (exact) mass is 416 g/mol. The molecule has 1 aromatic heterocycles. The van der Waals surface area contributed by atoms with Crippen molar-refractivity contribution >= 4 is 46.4 Å². The quantitative estimate of drug-likeness (QED) is 0.436. The number of aromatic nitrogens is 2. The van der Waals surface area contributed by atoms with Crippen LogP contribution in [0.4, 0.5) is 17.3 Å². The van der Waals surface area contributed by atoms with Crippen LogP contribution in [0.2, 0.25) is 10.0 Å². The van der Waals surface area contributed by atoms with Crippen molar-refractivity contribution in [1.29, 1.82) is 0 Å². The second-order valence-electron chi connectivity index (χ2n) is 5.85. The molecular weight excluding hydrogens is 399 g/mol. The van der Waals surface area contributed by atoms with Crippen LogP contribution in [-0.2, 0) is 6.42 Å². The maximum absolute atomic E-state index is 12.3. The van der Waals surface area contributed by atoms with Gasteiger partial charge in [-0.3, -0.25) is 15.6 Å². The Hall–Kier alpha value is -3.03. The molecule has 9 heteroatoms. The first-order valence-corrected chi connectivity index (χ1v) is 9.20. The molecule has 0 aliphatic rings. The van der Waals surface area contributed by atoms with Crippen LogP contribution in [0.3, 0.4) is 0 Å². The van der Waals surface area contributed by atoms with E-state index >= 15 is 0 Å². The Kier molecular flexibility index (Phi) is 6.52. The Morgan fingerprint density at radius 3 is 2.54 bits per heavy atom. The summed E-state index contributed by atoms with van der Waals surface area (Å²) in [7, 11) is 0. The van der Waals surface area contributed by atoms with Crippen LogP contribution in [0, 0.1) is 0 Å². The van der Waals surface area contributed by atoms with E-state index in [1.54, 1.807) is 6.07 Å². The number of benzene rings is 2. The predicted molar refractivity (Wildman–Crippen MR) is 113 cm³/mol. The van der Waals surface area contributed by atoms with Gasteiger partial charge in [0.15, 0.2) is 11.6 Å². The van der Waals surface area contributed by atoms with Crippen molar-refractivity contribution < 1.29 is 4.79 Å². The normalized spacial score (nSPS) is 10.4. The molecule has 0 fully saturated rings. The van der Waals surface area contributed by atoms with Crippen molar-refractivity contribution in [2.24, 2.45) is 0 Å². The molecule has 0 aliphatic carbocycles. The van der Waals surface area contributed by atoms with Crippen LogP contribution in [0.15, 0.2) is 54.9 Å². The molecule has 144 valence electrons. The lowest BCUT2D eigenvalue weighted by atomic mass is 10.1. The van der Waals surface area contributed by atoms with Gasteiger partial charge in [-0.15, -0.1) is 0 Å². The van der Waals surface area contributed by atoms with Crippen molar-refractivity contribution in [1.82, 2.24) is 15.4 Å². The van der Waals surface area contributed by atoms with E-state index in [1.165, 1.54) is 24.0 Å². The van der Waals surface area contributed by atoms with Crippen LogP contribution < -0.4 is 21.9 Å². The van der Waals surface area contributed by atoms with Gasteiger partial charge in [0.1, 0.15) is 12.0 Å². The standard InChI is InChI=1S/C19H18Cl2N6O/c20-13-6-7-14(15(21)10-13)19(28)27-26-18-16(22)17(24-11-25-18)23-9-8-12-4-2-1-3-5-12/h1-7,10-11H,8-9,22H2,(H,27,28)(H2,23,24,25,26). The second-order valence-corrected chi connectivity index (χ2v) is 6.69. The molecule has 0 atom stereocenters. The fourth-order valence-electron chi connectivity index (χ4n) is 2.46. The summed E-state index contributed by atoms with van der Waals surface area (Å²) in [5.41, 5.74) is 13.1. The van der Waals surface area contributed by atoms with Crippen LogP contribution in [0.25, 0.3) is 0 Å². The smallest absolute Gasteiger partial charge is 0.271 e. The first kappa shape index (κ1) is 19.7. The van der Waals surface area contributed by atoms with Gasteiger partial charge in [-0.1, -0.05) is 53.5 Å².